The van der Waals surface area contributed by atoms with Crippen molar-refractivity contribution >= 4 is 0 Å². The lowest BCUT2D eigenvalue weighted by Crippen LogP contribution is -2.66. The molecule has 1 unspecified atom stereocenters. The quantitative estimate of drug-likeness (QED) is 0.328. The summed E-state index contributed by atoms with van der Waals surface area (Å²) in [6.07, 6.45) is -6.39. The number of aromatic hydroxyl groups is 2. The van der Waals surface area contributed by atoms with Crippen LogP contribution in [0.2, 0.25) is 0 Å². The van der Waals surface area contributed by atoms with Crippen molar-refractivity contribution in [2.75, 3.05) is 6.61 Å². The van der Waals surface area contributed by atoms with E-state index in [4.69, 9.17) is 9.84 Å². The van der Waals surface area contributed by atoms with E-state index in [1.54, 1.807) is 0 Å². The molecule has 7 N–H and O–H groups in total. The van der Waals surface area contributed by atoms with Crippen LogP contribution in [-0.2, 0) is 4.74 Å². The van der Waals surface area contributed by atoms with E-state index in [1.807, 2.05) is 0 Å². The Labute approximate surface area is 126 Å². The molecule has 6 atom stereocenters. The van der Waals surface area contributed by atoms with Crippen LogP contribution in [0.5, 0.6) is 11.5 Å². The van der Waals surface area contributed by atoms with Gasteiger partial charge in [0.2, 0.25) is 5.79 Å². The molecule has 0 radical (unpaired) electrons. The van der Waals surface area contributed by atoms with Crippen molar-refractivity contribution in [3.05, 3.63) is 23.8 Å². The summed E-state index contributed by atoms with van der Waals surface area (Å²) in [6, 6.07) is 3.78. The van der Waals surface area contributed by atoms with Gasteiger partial charge in [0.25, 0.3) is 0 Å². The molecule has 8 nitrogen and oxygen atoms in total. The molecule has 0 amide bonds. The molecular weight excluding hydrogens is 296 g/mol. The predicted molar refractivity (Wildman–Crippen MR) is 73.1 cm³/mol. The third-order valence-corrected chi connectivity index (χ3v) is 4.12. The minimum Gasteiger partial charge on any atom is -0.504 e. The van der Waals surface area contributed by atoms with Gasteiger partial charge < -0.3 is 40.5 Å². The first kappa shape index (κ1) is 16.9. The fraction of sp³-hybridized carbons (Fsp3) is 0.571. The topological polar surface area (TPSA) is 151 Å². The number of hydrogen-bond acceptors (Lipinski definition) is 8. The van der Waals surface area contributed by atoms with Gasteiger partial charge in [0.05, 0.1) is 6.61 Å². The molecule has 0 spiro atoms. The Balaban J connectivity index is 2.36. The molecule has 8 heteroatoms. The molecule has 1 heterocycles. The summed E-state index contributed by atoms with van der Waals surface area (Å²) >= 11 is 0. The third-order valence-electron chi connectivity index (χ3n) is 4.12. The van der Waals surface area contributed by atoms with Gasteiger partial charge in [0.1, 0.15) is 24.4 Å². The van der Waals surface area contributed by atoms with Crippen LogP contribution in [0.25, 0.3) is 0 Å². The van der Waals surface area contributed by atoms with Crippen LogP contribution in [0.1, 0.15) is 18.4 Å². The summed E-state index contributed by atoms with van der Waals surface area (Å²) in [5.41, 5.74) is 0.317. The first-order chi connectivity index (χ1) is 10.2. The van der Waals surface area contributed by atoms with E-state index in [2.05, 4.69) is 0 Å². The number of benzene rings is 1. The van der Waals surface area contributed by atoms with Crippen molar-refractivity contribution in [1.29, 1.82) is 0 Å². The van der Waals surface area contributed by atoms with Gasteiger partial charge in [-0.05, 0) is 17.7 Å². The second kappa shape index (κ2) is 5.99. The molecule has 2 rings (SSSR count). The molecule has 0 saturated carbocycles. The Hall–Kier alpha value is -1.42. The molecular formula is C14H20O8. The van der Waals surface area contributed by atoms with Crippen LogP contribution < -0.4 is 0 Å². The smallest absolute Gasteiger partial charge is 0.201 e. The molecule has 1 fully saturated rings. The molecule has 1 aromatic rings. The SMILES string of the molecule is CC(c1ccc(O)c(O)c1)[C@@]1(O)O[C@H](CO)[C@@H](O)[C@H](O)[C@H]1O. The molecule has 22 heavy (non-hydrogen) atoms. The zero-order valence-electron chi connectivity index (χ0n) is 11.9. The molecule has 1 saturated heterocycles. The van der Waals surface area contributed by atoms with Crippen molar-refractivity contribution in [3.8, 4) is 11.5 Å². The largest absolute Gasteiger partial charge is 0.504 e. The summed E-state index contributed by atoms with van der Waals surface area (Å²) in [5, 5.41) is 68.2. The zero-order chi connectivity index (χ0) is 16.7. The first-order valence-electron chi connectivity index (χ1n) is 6.79. The molecule has 1 aromatic carbocycles. The summed E-state index contributed by atoms with van der Waals surface area (Å²) in [4.78, 5) is 0. The van der Waals surface area contributed by atoms with Gasteiger partial charge in [0, 0.05) is 5.92 Å². The molecule has 124 valence electrons. The molecule has 1 aliphatic heterocycles. The lowest BCUT2D eigenvalue weighted by atomic mass is 9.82. The van der Waals surface area contributed by atoms with Crippen molar-refractivity contribution in [2.24, 2.45) is 0 Å². The Morgan fingerprint density at radius 1 is 1.14 bits per heavy atom. The first-order valence-corrected chi connectivity index (χ1v) is 6.79. The number of rotatable bonds is 3. The second-order valence-electron chi connectivity index (χ2n) is 5.49. The molecule has 0 aliphatic carbocycles. The van der Waals surface area contributed by atoms with Gasteiger partial charge in [-0.1, -0.05) is 13.0 Å². The third kappa shape index (κ3) is 2.65. The van der Waals surface area contributed by atoms with Crippen LogP contribution in [0.4, 0.5) is 0 Å². The minimum atomic E-state index is -2.30. The average Bonchev–Trinajstić information content (AvgIpc) is 2.50. The van der Waals surface area contributed by atoms with Crippen LogP contribution >= 0.6 is 0 Å². The molecule has 1 aliphatic rings. The van der Waals surface area contributed by atoms with E-state index < -0.39 is 48.5 Å². The predicted octanol–water partition coefficient (Wildman–Crippen LogP) is -1.64. The lowest BCUT2D eigenvalue weighted by Gasteiger charge is -2.48. The summed E-state index contributed by atoms with van der Waals surface area (Å²) in [5.74, 6) is -4.00. The Morgan fingerprint density at radius 3 is 2.32 bits per heavy atom. The maximum Gasteiger partial charge on any atom is 0.201 e. The number of phenols is 2. The standard InChI is InChI=1S/C14H20O8/c1-6(7-2-3-8(16)9(17)4-7)14(21)13(20)12(19)11(18)10(5-15)22-14/h2-4,6,10-13,15-21H,5H2,1H3/t6?,10-,11-,12+,13-,14-/m1/s1. The number of hydrogen-bond donors (Lipinski definition) is 7. The van der Waals surface area contributed by atoms with E-state index in [0.29, 0.717) is 5.56 Å². The van der Waals surface area contributed by atoms with Gasteiger partial charge in [-0.15, -0.1) is 0 Å². The Morgan fingerprint density at radius 2 is 1.77 bits per heavy atom. The monoisotopic (exact) mass is 316 g/mol. The van der Waals surface area contributed by atoms with Gasteiger partial charge in [-0.2, -0.15) is 0 Å². The van der Waals surface area contributed by atoms with E-state index in [1.165, 1.54) is 25.1 Å². The summed E-state index contributed by atoms with van der Waals surface area (Å²) < 4.78 is 5.21. The highest BCUT2D eigenvalue weighted by Gasteiger charge is 2.55. The van der Waals surface area contributed by atoms with Crippen LogP contribution in [-0.4, -0.2) is 72.6 Å². The highest BCUT2D eigenvalue weighted by Crippen LogP contribution is 2.40. The van der Waals surface area contributed by atoms with Crippen molar-refractivity contribution < 1.29 is 40.5 Å². The van der Waals surface area contributed by atoms with Crippen molar-refractivity contribution in [3.63, 3.8) is 0 Å². The van der Waals surface area contributed by atoms with Gasteiger partial charge in [-0.25, -0.2) is 0 Å². The number of ether oxygens (including phenoxy) is 1. The van der Waals surface area contributed by atoms with Crippen LogP contribution in [0, 0.1) is 0 Å². The van der Waals surface area contributed by atoms with E-state index in [0.717, 1.165) is 0 Å². The van der Waals surface area contributed by atoms with Crippen LogP contribution in [0.3, 0.4) is 0 Å². The van der Waals surface area contributed by atoms with E-state index in [9.17, 15) is 30.6 Å². The number of aliphatic hydroxyl groups excluding tert-OH is 4. The average molecular weight is 316 g/mol. The fourth-order valence-corrected chi connectivity index (χ4v) is 2.59. The number of phenolic OH excluding ortho intramolecular Hbond substituents is 2. The highest BCUT2D eigenvalue weighted by molar-refractivity contribution is 5.42. The van der Waals surface area contributed by atoms with Crippen molar-refractivity contribution in [2.45, 2.75) is 43.0 Å². The lowest BCUT2D eigenvalue weighted by molar-refractivity contribution is -0.356. The summed E-state index contributed by atoms with van der Waals surface area (Å²) in [6.45, 7) is 0.800. The zero-order valence-corrected chi connectivity index (χ0v) is 11.9. The summed E-state index contributed by atoms with van der Waals surface area (Å²) in [7, 11) is 0. The van der Waals surface area contributed by atoms with E-state index in [-0.39, 0.29) is 5.75 Å². The minimum absolute atomic E-state index is 0.317. The van der Waals surface area contributed by atoms with Gasteiger partial charge in [0.15, 0.2) is 11.5 Å². The van der Waals surface area contributed by atoms with Gasteiger partial charge in [-0.3, -0.25) is 0 Å². The van der Waals surface area contributed by atoms with Crippen LogP contribution in [0.15, 0.2) is 18.2 Å². The maximum atomic E-state index is 10.6. The normalized spacial score (nSPS) is 37.0. The maximum absolute atomic E-state index is 10.6. The van der Waals surface area contributed by atoms with Gasteiger partial charge >= 0.3 is 0 Å². The molecule has 0 aromatic heterocycles. The second-order valence-corrected chi connectivity index (χ2v) is 5.49. The number of aliphatic hydroxyl groups is 5. The Kier molecular flexibility index (Phi) is 4.62. The van der Waals surface area contributed by atoms with Crippen molar-refractivity contribution in [1.82, 2.24) is 0 Å². The van der Waals surface area contributed by atoms with E-state index >= 15 is 0 Å². The molecule has 0 bridgehead atoms. The highest BCUT2D eigenvalue weighted by atomic mass is 16.7. The Bertz CT molecular complexity index is 534. The fourth-order valence-electron chi connectivity index (χ4n) is 2.59.